The molecule has 98 valence electrons. The molecule has 0 unspecified atom stereocenters. The van der Waals surface area contributed by atoms with E-state index < -0.39 is 5.82 Å². The summed E-state index contributed by atoms with van der Waals surface area (Å²) >= 11 is 5.68. The Hall–Kier alpha value is -1.68. The third-order valence-electron chi connectivity index (χ3n) is 3.38. The summed E-state index contributed by atoms with van der Waals surface area (Å²) < 4.78 is 15.2. The number of benzene rings is 1. The zero-order valence-corrected chi connectivity index (χ0v) is 11.0. The van der Waals surface area contributed by atoms with Crippen LogP contribution in [0.1, 0.15) is 35.3 Å². The van der Waals surface area contributed by atoms with Crippen LogP contribution < -0.4 is 0 Å². The van der Waals surface area contributed by atoms with Gasteiger partial charge in [-0.2, -0.15) is 5.10 Å². The summed E-state index contributed by atoms with van der Waals surface area (Å²) in [6.45, 7) is 0. The maximum absolute atomic E-state index is 13.5. The fraction of sp³-hybridized carbons (Fsp3) is 0.286. The molecule has 19 heavy (non-hydrogen) atoms. The summed E-state index contributed by atoms with van der Waals surface area (Å²) in [7, 11) is 0. The molecule has 1 aromatic carbocycles. The zero-order chi connectivity index (χ0) is 13.4. The van der Waals surface area contributed by atoms with E-state index in [0.717, 1.165) is 25.0 Å². The summed E-state index contributed by atoms with van der Waals surface area (Å²) in [6.07, 6.45) is 4.76. The van der Waals surface area contributed by atoms with Crippen LogP contribution in [0.4, 0.5) is 4.39 Å². The number of nitrogens with zero attached hydrogens (tertiary/aromatic N) is 2. The van der Waals surface area contributed by atoms with Crippen molar-refractivity contribution in [1.82, 2.24) is 9.78 Å². The van der Waals surface area contributed by atoms with Gasteiger partial charge in [0.25, 0.3) is 0 Å². The number of aromatic nitrogens is 2. The standard InChI is InChI=1S/C14H12ClFN2O/c15-11-6-5-9(7-12(11)16)18-13-3-1-2-4-14(19)10(13)8-17-18/h5-8H,1-4H2. The lowest BCUT2D eigenvalue weighted by molar-refractivity contribution is 0.0982. The van der Waals surface area contributed by atoms with Crippen LogP contribution >= 0.6 is 11.6 Å². The van der Waals surface area contributed by atoms with Crippen LogP contribution in [0.15, 0.2) is 24.4 Å². The van der Waals surface area contributed by atoms with Gasteiger partial charge in [-0.3, -0.25) is 4.79 Å². The lowest BCUT2D eigenvalue weighted by atomic mass is 10.1. The Bertz CT molecular complexity index is 651. The van der Waals surface area contributed by atoms with Gasteiger partial charge in [-0.05, 0) is 31.4 Å². The van der Waals surface area contributed by atoms with Gasteiger partial charge in [0.1, 0.15) is 5.82 Å². The highest BCUT2D eigenvalue weighted by molar-refractivity contribution is 6.30. The number of rotatable bonds is 1. The van der Waals surface area contributed by atoms with Crippen molar-refractivity contribution in [2.75, 3.05) is 0 Å². The molecular weight excluding hydrogens is 267 g/mol. The van der Waals surface area contributed by atoms with E-state index in [1.54, 1.807) is 16.9 Å². The molecule has 0 radical (unpaired) electrons. The van der Waals surface area contributed by atoms with Crippen LogP contribution in [-0.4, -0.2) is 15.6 Å². The van der Waals surface area contributed by atoms with E-state index in [0.29, 0.717) is 17.7 Å². The smallest absolute Gasteiger partial charge is 0.166 e. The summed E-state index contributed by atoms with van der Waals surface area (Å²) in [5, 5.41) is 4.30. The highest BCUT2D eigenvalue weighted by atomic mass is 35.5. The van der Waals surface area contributed by atoms with E-state index in [9.17, 15) is 9.18 Å². The Morgan fingerprint density at radius 2 is 2.05 bits per heavy atom. The molecule has 0 spiro atoms. The second kappa shape index (κ2) is 4.78. The minimum Gasteiger partial charge on any atom is -0.294 e. The molecule has 1 heterocycles. The number of carbonyl (C=O) groups excluding carboxylic acids is 1. The lowest BCUT2D eigenvalue weighted by Crippen LogP contribution is -2.04. The van der Waals surface area contributed by atoms with Gasteiger partial charge in [-0.1, -0.05) is 11.6 Å². The number of halogens is 2. The fourth-order valence-corrected chi connectivity index (χ4v) is 2.52. The van der Waals surface area contributed by atoms with Crippen molar-refractivity contribution in [2.24, 2.45) is 0 Å². The van der Waals surface area contributed by atoms with Gasteiger partial charge in [0.15, 0.2) is 5.78 Å². The van der Waals surface area contributed by atoms with Crippen LogP contribution in [-0.2, 0) is 6.42 Å². The number of fused-ring (bicyclic) bond motifs is 1. The maximum Gasteiger partial charge on any atom is 0.166 e. The molecular formula is C14H12ClFN2O. The topological polar surface area (TPSA) is 34.9 Å². The molecule has 0 saturated heterocycles. The average Bonchev–Trinajstić information content (AvgIpc) is 2.73. The van der Waals surface area contributed by atoms with E-state index in [1.807, 2.05) is 0 Å². The largest absolute Gasteiger partial charge is 0.294 e. The highest BCUT2D eigenvalue weighted by Gasteiger charge is 2.21. The fourth-order valence-electron chi connectivity index (χ4n) is 2.40. The van der Waals surface area contributed by atoms with Crippen LogP contribution in [0.3, 0.4) is 0 Å². The molecule has 2 aromatic rings. The number of hydrogen-bond donors (Lipinski definition) is 0. The molecule has 5 heteroatoms. The summed E-state index contributed by atoms with van der Waals surface area (Å²) in [6, 6.07) is 4.54. The predicted octanol–water partition coefficient (Wildman–Crippen LogP) is 3.57. The van der Waals surface area contributed by atoms with E-state index in [1.165, 1.54) is 12.1 Å². The van der Waals surface area contributed by atoms with Crippen LogP contribution in [0.25, 0.3) is 5.69 Å². The third-order valence-corrected chi connectivity index (χ3v) is 3.69. The Kier molecular flexibility index (Phi) is 3.11. The quantitative estimate of drug-likeness (QED) is 0.748. The van der Waals surface area contributed by atoms with Crippen LogP contribution in [0.2, 0.25) is 5.02 Å². The third kappa shape index (κ3) is 2.16. The van der Waals surface area contributed by atoms with Gasteiger partial charge < -0.3 is 0 Å². The Morgan fingerprint density at radius 1 is 1.26 bits per heavy atom. The van der Waals surface area contributed by atoms with Gasteiger partial charge in [-0.15, -0.1) is 0 Å². The Morgan fingerprint density at radius 3 is 2.84 bits per heavy atom. The van der Waals surface area contributed by atoms with E-state index in [2.05, 4.69) is 5.10 Å². The molecule has 0 saturated carbocycles. The summed E-state index contributed by atoms with van der Waals surface area (Å²) in [4.78, 5) is 11.9. The van der Waals surface area contributed by atoms with Crippen molar-refractivity contribution < 1.29 is 9.18 Å². The number of Topliss-reactive ketones (excluding diaryl/α,β-unsaturated/α-hetero) is 1. The second-order valence-corrected chi connectivity index (χ2v) is 5.05. The van der Waals surface area contributed by atoms with Gasteiger partial charge >= 0.3 is 0 Å². The molecule has 1 aliphatic carbocycles. The van der Waals surface area contributed by atoms with Gasteiger partial charge in [0, 0.05) is 12.5 Å². The first-order valence-corrected chi connectivity index (χ1v) is 6.60. The normalized spacial score (nSPS) is 15.2. The van der Waals surface area contributed by atoms with Crippen molar-refractivity contribution >= 4 is 17.4 Å². The highest BCUT2D eigenvalue weighted by Crippen LogP contribution is 2.24. The van der Waals surface area contributed by atoms with Crippen molar-refractivity contribution in [3.63, 3.8) is 0 Å². The Labute approximate surface area is 115 Å². The monoisotopic (exact) mass is 278 g/mol. The first kappa shape index (κ1) is 12.4. The molecule has 1 aromatic heterocycles. The molecule has 0 fully saturated rings. The second-order valence-electron chi connectivity index (χ2n) is 4.65. The maximum atomic E-state index is 13.5. The molecule has 0 atom stereocenters. The minimum atomic E-state index is -0.483. The van der Waals surface area contributed by atoms with Gasteiger partial charge in [-0.25, -0.2) is 9.07 Å². The molecule has 0 N–H and O–H groups in total. The number of ketones is 1. The molecule has 3 rings (SSSR count). The molecule has 0 aliphatic heterocycles. The number of carbonyl (C=O) groups is 1. The minimum absolute atomic E-state index is 0.0815. The van der Waals surface area contributed by atoms with Crippen molar-refractivity contribution in [1.29, 1.82) is 0 Å². The average molecular weight is 279 g/mol. The van der Waals surface area contributed by atoms with Crippen LogP contribution in [0.5, 0.6) is 0 Å². The van der Waals surface area contributed by atoms with Crippen LogP contribution in [0, 0.1) is 5.82 Å². The van der Waals surface area contributed by atoms with Gasteiger partial charge in [0.05, 0.1) is 28.2 Å². The first-order valence-electron chi connectivity index (χ1n) is 6.22. The lowest BCUT2D eigenvalue weighted by Gasteiger charge is -2.08. The molecule has 0 amide bonds. The zero-order valence-electron chi connectivity index (χ0n) is 10.2. The van der Waals surface area contributed by atoms with Crippen molar-refractivity contribution in [3.05, 3.63) is 46.5 Å². The summed E-state index contributed by atoms with van der Waals surface area (Å²) in [5.41, 5.74) is 2.12. The van der Waals surface area contributed by atoms with E-state index in [4.69, 9.17) is 11.6 Å². The molecule has 0 bridgehead atoms. The predicted molar refractivity (Wildman–Crippen MR) is 70.4 cm³/mol. The first-order chi connectivity index (χ1) is 9.16. The van der Waals surface area contributed by atoms with E-state index >= 15 is 0 Å². The van der Waals surface area contributed by atoms with Crippen molar-refractivity contribution in [3.8, 4) is 5.69 Å². The van der Waals surface area contributed by atoms with Gasteiger partial charge in [0.2, 0.25) is 0 Å². The summed E-state index contributed by atoms with van der Waals surface area (Å²) in [5.74, 6) is -0.364. The number of hydrogen-bond acceptors (Lipinski definition) is 2. The Balaban J connectivity index is 2.11. The SMILES string of the molecule is O=C1CCCCc2c1cnn2-c1ccc(Cl)c(F)c1. The molecule has 1 aliphatic rings. The molecule has 3 nitrogen and oxygen atoms in total. The van der Waals surface area contributed by atoms with Crippen molar-refractivity contribution in [2.45, 2.75) is 25.7 Å². The van der Waals surface area contributed by atoms with E-state index in [-0.39, 0.29) is 10.8 Å².